The fraction of sp³-hybridized carbons (Fsp3) is 0.417. The second kappa shape index (κ2) is 5.77. The van der Waals surface area contributed by atoms with Crippen molar-refractivity contribution in [3.05, 3.63) is 39.3 Å². The van der Waals surface area contributed by atoms with Crippen molar-refractivity contribution >= 4 is 17.2 Å². The van der Waals surface area contributed by atoms with Gasteiger partial charge in [0.25, 0.3) is 5.56 Å². The van der Waals surface area contributed by atoms with Crippen LogP contribution in [0, 0.1) is 5.92 Å². The standard InChI is InChI=1S/C12H16N4OS/c1-9(2)7-16-4-3-14-11(12(16)17)15-6-10-5-13-8-18-10/h3-5,8-9H,6-7H2,1-2H3,(H,14,15). The lowest BCUT2D eigenvalue weighted by atomic mass is 10.2. The van der Waals surface area contributed by atoms with E-state index in [0.29, 0.717) is 24.8 Å². The maximum Gasteiger partial charge on any atom is 0.293 e. The highest BCUT2D eigenvalue weighted by molar-refractivity contribution is 7.09. The zero-order chi connectivity index (χ0) is 13.0. The molecule has 0 aliphatic heterocycles. The summed E-state index contributed by atoms with van der Waals surface area (Å²) in [4.78, 5) is 21.2. The van der Waals surface area contributed by atoms with E-state index < -0.39 is 0 Å². The number of rotatable bonds is 5. The van der Waals surface area contributed by atoms with E-state index in [1.54, 1.807) is 40.0 Å². The van der Waals surface area contributed by atoms with Crippen molar-refractivity contribution in [3.8, 4) is 0 Å². The molecule has 2 rings (SSSR count). The summed E-state index contributed by atoms with van der Waals surface area (Å²) in [5, 5.41) is 3.05. The molecule has 0 aliphatic rings. The molecule has 18 heavy (non-hydrogen) atoms. The van der Waals surface area contributed by atoms with Crippen LogP contribution < -0.4 is 10.9 Å². The Kier molecular flexibility index (Phi) is 4.09. The Morgan fingerprint density at radius 2 is 2.33 bits per heavy atom. The van der Waals surface area contributed by atoms with Gasteiger partial charge >= 0.3 is 0 Å². The number of thiazole rings is 1. The van der Waals surface area contributed by atoms with Crippen LogP contribution in [-0.4, -0.2) is 14.5 Å². The molecule has 6 heteroatoms. The molecule has 96 valence electrons. The van der Waals surface area contributed by atoms with Gasteiger partial charge < -0.3 is 9.88 Å². The van der Waals surface area contributed by atoms with E-state index in [1.165, 1.54) is 0 Å². The molecule has 0 bridgehead atoms. The third-order valence-electron chi connectivity index (χ3n) is 2.39. The van der Waals surface area contributed by atoms with Crippen LogP contribution in [0.5, 0.6) is 0 Å². The van der Waals surface area contributed by atoms with E-state index in [4.69, 9.17) is 0 Å². The van der Waals surface area contributed by atoms with Gasteiger partial charge in [0, 0.05) is 30.0 Å². The fourth-order valence-electron chi connectivity index (χ4n) is 1.61. The van der Waals surface area contributed by atoms with E-state index in [9.17, 15) is 4.79 Å². The zero-order valence-corrected chi connectivity index (χ0v) is 11.3. The van der Waals surface area contributed by atoms with E-state index in [2.05, 4.69) is 29.1 Å². The molecule has 0 spiro atoms. The van der Waals surface area contributed by atoms with Gasteiger partial charge in [-0.3, -0.25) is 9.78 Å². The Balaban J connectivity index is 2.11. The van der Waals surface area contributed by atoms with Crippen molar-refractivity contribution < 1.29 is 0 Å². The second-order valence-electron chi connectivity index (χ2n) is 4.45. The average molecular weight is 264 g/mol. The van der Waals surface area contributed by atoms with Crippen molar-refractivity contribution in [2.75, 3.05) is 5.32 Å². The van der Waals surface area contributed by atoms with E-state index >= 15 is 0 Å². The number of aromatic nitrogens is 3. The first-order chi connectivity index (χ1) is 8.66. The van der Waals surface area contributed by atoms with Crippen LogP contribution in [0.2, 0.25) is 0 Å². The summed E-state index contributed by atoms with van der Waals surface area (Å²) in [6.45, 7) is 5.45. The normalized spacial score (nSPS) is 10.8. The third-order valence-corrected chi connectivity index (χ3v) is 3.17. The predicted molar refractivity (Wildman–Crippen MR) is 72.8 cm³/mol. The molecule has 0 amide bonds. The number of hydrogen-bond donors (Lipinski definition) is 1. The number of hydrogen-bond acceptors (Lipinski definition) is 5. The molecule has 0 saturated heterocycles. The number of anilines is 1. The van der Waals surface area contributed by atoms with E-state index in [0.717, 1.165) is 4.88 Å². The van der Waals surface area contributed by atoms with Crippen LogP contribution in [0.1, 0.15) is 18.7 Å². The molecule has 0 radical (unpaired) electrons. The van der Waals surface area contributed by atoms with Crippen molar-refractivity contribution in [2.45, 2.75) is 26.9 Å². The molecule has 0 unspecified atom stereocenters. The molecule has 2 aromatic rings. The molecule has 2 heterocycles. The smallest absolute Gasteiger partial charge is 0.293 e. The summed E-state index contributed by atoms with van der Waals surface area (Å²) < 4.78 is 1.69. The van der Waals surface area contributed by atoms with Gasteiger partial charge in [-0.25, -0.2) is 4.98 Å². The zero-order valence-electron chi connectivity index (χ0n) is 10.5. The van der Waals surface area contributed by atoms with Crippen LogP contribution >= 0.6 is 11.3 Å². The van der Waals surface area contributed by atoms with E-state index in [-0.39, 0.29) is 5.56 Å². The molecule has 1 N–H and O–H groups in total. The minimum Gasteiger partial charge on any atom is -0.361 e. The van der Waals surface area contributed by atoms with Gasteiger partial charge in [0.05, 0.1) is 12.1 Å². The van der Waals surface area contributed by atoms with Crippen molar-refractivity contribution in [3.63, 3.8) is 0 Å². The summed E-state index contributed by atoms with van der Waals surface area (Å²) in [6.07, 6.45) is 5.16. The van der Waals surface area contributed by atoms with Crippen molar-refractivity contribution in [2.24, 2.45) is 5.92 Å². The second-order valence-corrected chi connectivity index (χ2v) is 5.42. The molecular formula is C12H16N4OS. The highest BCUT2D eigenvalue weighted by Crippen LogP contribution is 2.07. The van der Waals surface area contributed by atoms with Gasteiger partial charge in [0.2, 0.25) is 0 Å². The molecule has 0 aliphatic carbocycles. The Morgan fingerprint density at radius 1 is 1.50 bits per heavy atom. The largest absolute Gasteiger partial charge is 0.361 e. The minimum atomic E-state index is -0.0734. The first kappa shape index (κ1) is 12.8. The SMILES string of the molecule is CC(C)Cn1ccnc(NCc2cncs2)c1=O. The maximum atomic E-state index is 12.1. The quantitative estimate of drug-likeness (QED) is 0.897. The summed E-state index contributed by atoms with van der Waals surface area (Å²) >= 11 is 1.55. The van der Waals surface area contributed by atoms with Crippen LogP contribution in [-0.2, 0) is 13.1 Å². The maximum absolute atomic E-state index is 12.1. The summed E-state index contributed by atoms with van der Waals surface area (Å²) in [5.41, 5.74) is 1.70. The number of nitrogens with one attached hydrogen (secondary N) is 1. The first-order valence-electron chi connectivity index (χ1n) is 5.83. The lowest BCUT2D eigenvalue weighted by molar-refractivity contribution is 0.509. The van der Waals surface area contributed by atoms with Crippen LogP contribution in [0.15, 0.2) is 28.9 Å². The third kappa shape index (κ3) is 3.16. The van der Waals surface area contributed by atoms with Crippen molar-refractivity contribution in [1.29, 1.82) is 0 Å². The molecule has 0 saturated carbocycles. The Morgan fingerprint density at radius 3 is 3.00 bits per heavy atom. The van der Waals surface area contributed by atoms with Crippen LogP contribution in [0.4, 0.5) is 5.82 Å². The van der Waals surface area contributed by atoms with Gasteiger partial charge in [0.1, 0.15) is 0 Å². The summed E-state index contributed by atoms with van der Waals surface area (Å²) in [6, 6.07) is 0. The molecule has 0 atom stereocenters. The minimum absolute atomic E-state index is 0.0734. The molecule has 0 aromatic carbocycles. The van der Waals surface area contributed by atoms with Crippen LogP contribution in [0.25, 0.3) is 0 Å². The summed E-state index contributed by atoms with van der Waals surface area (Å²) in [5.74, 6) is 0.825. The Bertz CT molecular complexity index is 547. The van der Waals surface area contributed by atoms with Gasteiger partial charge in [-0.05, 0) is 5.92 Å². The highest BCUT2D eigenvalue weighted by atomic mass is 32.1. The van der Waals surface area contributed by atoms with Gasteiger partial charge in [-0.2, -0.15) is 0 Å². The predicted octanol–water partition coefficient (Wildman–Crippen LogP) is 1.97. The van der Waals surface area contributed by atoms with E-state index in [1.807, 2.05) is 0 Å². The Hall–Kier alpha value is -1.69. The molecule has 2 aromatic heterocycles. The Labute approximate surface area is 110 Å². The van der Waals surface area contributed by atoms with Crippen LogP contribution in [0.3, 0.4) is 0 Å². The lowest BCUT2D eigenvalue weighted by Gasteiger charge is -2.10. The highest BCUT2D eigenvalue weighted by Gasteiger charge is 2.06. The topological polar surface area (TPSA) is 59.8 Å². The molecule has 5 nitrogen and oxygen atoms in total. The molecular weight excluding hydrogens is 248 g/mol. The van der Waals surface area contributed by atoms with Gasteiger partial charge in [0.15, 0.2) is 5.82 Å². The lowest BCUT2D eigenvalue weighted by Crippen LogP contribution is -2.25. The number of nitrogens with zero attached hydrogens (tertiary/aromatic N) is 3. The first-order valence-corrected chi connectivity index (χ1v) is 6.71. The average Bonchev–Trinajstić information content (AvgIpc) is 2.83. The fourth-order valence-corrected chi connectivity index (χ4v) is 2.14. The van der Waals surface area contributed by atoms with Gasteiger partial charge in [-0.1, -0.05) is 13.8 Å². The van der Waals surface area contributed by atoms with Crippen molar-refractivity contribution in [1.82, 2.24) is 14.5 Å². The summed E-state index contributed by atoms with van der Waals surface area (Å²) in [7, 11) is 0. The van der Waals surface area contributed by atoms with Gasteiger partial charge in [-0.15, -0.1) is 11.3 Å². The monoisotopic (exact) mass is 264 g/mol. The molecule has 0 fully saturated rings.